The quantitative estimate of drug-likeness (QED) is 0.617. The number of rotatable bonds is 3. The highest BCUT2D eigenvalue weighted by Gasteiger charge is 2.12. The van der Waals surface area contributed by atoms with Crippen molar-refractivity contribution in [2.24, 2.45) is 0 Å². The maximum atomic E-state index is 11.8. The normalized spacial score (nSPS) is 10.0. The Morgan fingerprint density at radius 2 is 1.76 bits per heavy atom. The number of benzene rings is 1. The molecule has 0 bridgehead atoms. The lowest BCUT2D eigenvalue weighted by atomic mass is 10.3. The van der Waals surface area contributed by atoms with Gasteiger partial charge in [0.05, 0.1) is 7.11 Å². The van der Waals surface area contributed by atoms with Gasteiger partial charge in [-0.15, -0.1) is 11.3 Å². The molecule has 2 aromatic rings. The van der Waals surface area contributed by atoms with Crippen molar-refractivity contribution in [2.75, 3.05) is 7.11 Å². The molecule has 0 fully saturated rings. The van der Waals surface area contributed by atoms with Crippen molar-refractivity contribution in [3.63, 3.8) is 0 Å². The number of ether oxygens (including phenoxy) is 2. The zero-order valence-electron chi connectivity index (χ0n) is 9.60. The number of carbonyl (C=O) groups excluding carboxylic acids is 1. The standard InChI is InChI=1S/C13H12O3S/c1-9-7-8-17-12(9)13(14)16-11-5-3-10(15-2)4-6-11/h3-8H,1-2H3. The first kappa shape index (κ1) is 11.7. The van der Waals surface area contributed by atoms with Crippen LogP contribution in [0.15, 0.2) is 35.7 Å². The minimum Gasteiger partial charge on any atom is -0.497 e. The fraction of sp³-hybridized carbons (Fsp3) is 0.154. The molecule has 1 aromatic heterocycles. The third-order valence-corrected chi connectivity index (χ3v) is 3.31. The van der Waals surface area contributed by atoms with E-state index in [4.69, 9.17) is 9.47 Å². The molecule has 0 aliphatic rings. The molecular weight excluding hydrogens is 236 g/mol. The molecule has 0 saturated heterocycles. The van der Waals surface area contributed by atoms with Crippen LogP contribution in [0.3, 0.4) is 0 Å². The summed E-state index contributed by atoms with van der Waals surface area (Å²) in [7, 11) is 1.59. The smallest absolute Gasteiger partial charge is 0.353 e. The number of aryl methyl sites for hydroxylation is 1. The molecule has 0 unspecified atom stereocenters. The van der Waals surface area contributed by atoms with E-state index < -0.39 is 0 Å². The molecule has 2 rings (SSSR count). The molecule has 3 nitrogen and oxygen atoms in total. The van der Waals surface area contributed by atoms with Crippen LogP contribution in [0.1, 0.15) is 15.2 Å². The highest BCUT2D eigenvalue weighted by Crippen LogP contribution is 2.21. The molecule has 0 atom stereocenters. The van der Waals surface area contributed by atoms with Crippen molar-refractivity contribution in [3.05, 3.63) is 46.2 Å². The van der Waals surface area contributed by atoms with E-state index in [9.17, 15) is 4.79 Å². The molecule has 0 aliphatic heterocycles. The maximum Gasteiger partial charge on any atom is 0.353 e. The van der Waals surface area contributed by atoms with Gasteiger partial charge in [-0.05, 0) is 48.2 Å². The largest absolute Gasteiger partial charge is 0.497 e. The average molecular weight is 248 g/mol. The topological polar surface area (TPSA) is 35.5 Å². The first-order chi connectivity index (χ1) is 8.20. The second-order valence-electron chi connectivity index (χ2n) is 3.50. The van der Waals surface area contributed by atoms with Crippen LogP contribution in [0.5, 0.6) is 11.5 Å². The van der Waals surface area contributed by atoms with Gasteiger partial charge in [0.1, 0.15) is 16.4 Å². The second-order valence-corrected chi connectivity index (χ2v) is 4.41. The summed E-state index contributed by atoms with van der Waals surface area (Å²) in [5.74, 6) is 0.934. The molecule has 0 amide bonds. The van der Waals surface area contributed by atoms with Crippen molar-refractivity contribution < 1.29 is 14.3 Å². The van der Waals surface area contributed by atoms with Crippen LogP contribution < -0.4 is 9.47 Å². The van der Waals surface area contributed by atoms with Crippen LogP contribution in [0.25, 0.3) is 0 Å². The lowest BCUT2D eigenvalue weighted by Crippen LogP contribution is -2.07. The predicted molar refractivity (Wildman–Crippen MR) is 67.0 cm³/mol. The van der Waals surface area contributed by atoms with Gasteiger partial charge >= 0.3 is 5.97 Å². The predicted octanol–water partition coefficient (Wildman–Crippen LogP) is 3.28. The molecule has 1 aromatic carbocycles. The van der Waals surface area contributed by atoms with Gasteiger partial charge < -0.3 is 9.47 Å². The third-order valence-electron chi connectivity index (χ3n) is 2.32. The Bertz CT molecular complexity index is 514. The molecule has 0 radical (unpaired) electrons. The monoisotopic (exact) mass is 248 g/mol. The van der Waals surface area contributed by atoms with E-state index in [-0.39, 0.29) is 5.97 Å². The summed E-state index contributed by atoms with van der Waals surface area (Å²) in [6.45, 7) is 1.89. The van der Waals surface area contributed by atoms with Gasteiger partial charge in [0.15, 0.2) is 0 Å². The summed E-state index contributed by atoms with van der Waals surface area (Å²) < 4.78 is 10.3. The lowest BCUT2D eigenvalue weighted by molar-refractivity contribution is 0.0739. The summed E-state index contributed by atoms with van der Waals surface area (Å²) in [6.07, 6.45) is 0. The van der Waals surface area contributed by atoms with Crippen molar-refractivity contribution >= 4 is 17.3 Å². The summed E-state index contributed by atoms with van der Waals surface area (Å²) >= 11 is 1.39. The minimum absolute atomic E-state index is 0.317. The summed E-state index contributed by atoms with van der Waals surface area (Å²) in [5.41, 5.74) is 0.938. The molecule has 4 heteroatoms. The van der Waals surface area contributed by atoms with Crippen LogP contribution in [0, 0.1) is 6.92 Å². The molecule has 0 spiro atoms. The van der Waals surface area contributed by atoms with Crippen molar-refractivity contribution in [3.8, 4) is 11.5 Å². The van der Waals surface area contributed by atoms with Gasteiger partial charge in [-0.1, -0.05) is 0 Å². The van der Waals surface area contributed by atoms with Gasteiger partial charge in [-0.2, -0.15) is 0 Å². The van der Waals surface area contributed by atoms with E-state index in [2.05, 4.69) is 0 Å². The Morgan fingerprint density at radius 3 is 2.29 bits per heavy atom. The second kappa shape index (κ2) is 5.01. The number of thiophene rings is 1. The van der Waals surface area contributed by atoms with Gasteiger partial charge in [0, 0.05) is 0 Å². The van der Waals surface area contributed by atoms with Gasteiger partial charge in [0.2, 0.25) is 0 Å². The van der Waals surface area contributed by atoms with Crippen LogP contribution in [-0.2, 0) is 0 Å². The molecule has 17 heavy (non-hydrogen) atoms. The van der Waals surface area contributed by atoms with Crippen molar-refractivity contribution in [2.45, 2.75) is 6.92 Å². The molecule has 1 heterocycles. The van der Waals surface area contributed by atoms with Gasteiger partial charge in [0.25, 0.3) is 0 Å². The fourth-order valence-corrected chi connectivity index (χ4v) is 2.18. The van der Waals surface area contributed by atoms with E-state index >= 15 is 0 Å². The SMILES string of the molecule is COc1ccc(OC(=O)c2sccc2C)cc1. The van der Waals surface area contributed by atoms with E-state index in [0.29, 0.717) is 10.6 Å². The summed E-state index contributed by atoms with van der Waals surface area (Å²) in [4.78, 5) is 12.4. The Balaban J connectivity index is 2.10. The van der Waals surface area contributed by atoms with Gasteiger partial charge in [-0.3, -0.25) is 0 Å². The van der Waals surface area contributed by atoms with Crippen molar-refractivity contribution in [1.82, 2.24) is 0 Å². The first-order valence-corrected chi connectivity index (χ1v) is 5.99. The Kier molecular flexibility index (Phi) is 3.44. The first-order valence-electron chi connectivity index (χ1n) is 5.11. The minimum atomic E-state index is -0.317. The Labute approximate surface area is 104 Å². The number of methoxy groups -OCH3 is 1. The number of esters is 1. The summed E-state index contributed by atoms with van der Waals surface area (Å²) in [6, 6.07) is 8.82. The zero-order valence-corrected chi connectivity index (χ0v) is 10.4. The lowest BCUT2D eigenvalue weighted by Gasteiger charge is -2.04. The number of carbonyl (C=O) groups is 1. The molecular formula is C13H12O3S. The Hall–Kier alpha value is -1.81. The molecule has 0 saturated carbocycles. The zero-order chi connectivity index (χ0) is 12.3. The average Bonchev–Trinajstić information content (AvgIpc) is 2.76. The highest BCUT2D eigenvalue weighted by atomic mass is 32.1. The van der Waals surface area contributed by atoms with Crippen LogP contribution in [0.2, 0.25) is 0 Å². The van der Waals surface area contributed by atoms with E-state index in [1.165, 1.54) is 11.3 Å². The van der Waals surface area contributed by atoms with Crippen LogP contribution >= 0.6 is 11.3 Å². The fourth-order valence-electron chi connectivity index (χ4n) is 1.38. The highest BCUT2D eigenvalue weighted by molar-refractivity contribution is 7.12. The van der Waals surface area contributed by atoms with Crippen molar-refractivity contribution in [1.29, 1.82) is 0 Å². The van der Waals surface area contributed by atoms with E-state index in [0.717, 1.165) is 11.3 Å². The third kappa shape index (κ3) is 2.65. The summed E-state index contributed by atoms with van der Waals surface area (Å²) in [5, 5.41) is 1.87. The molecule has 88 valence electrons. The van der Waals surface area contributed by atoms with Gasteiger partial charge in [-0.25, -0.2) is 4.79 Å². The molecule has 0 N–H and O–H groups in total. The van der Waals surface area contributed by atoms with E-state index in [1.54, 1.807) is 31.4 Å². The van der Waals surface area contributed by atoms with E-state index in [1.807, 2.05) is 18.4 Å². The molecule has 0 aliphatic carbocycles. The number of hydrogen-bond acceptors (Lipinski definition) is 4. The van der Waals surface area contributed by atoms with Crippen LogP contribution in [0.4, 0.5) is 0 Å². The maximum absolute atomic E-state index is 11.8. The van der Waals surface area contributed by atoms with Crippen LogP contribution in [-0.4, -0.2) is 13.1 Å². The Morgan fingerprint density at radius 1 is 1.12 bits per heavy atom. The number of hydrogen-bond donors (Lipinski definition) is 0.